The Morgan fingerprint density at radius 3 is 2.70 bits per heavy atom. The predicted molar refractivity (Wildman–Crippen MR) is 81.6 cm³/mol. The predicted octanol–water partition coefficient (Wildman–Crippen LogP) is 1.92. The number of carbonyl (C=O) groups is 1. The van der Waals surface area contributed by atoms with Crippen molar-refractivity contribution < 1.29 is 18.8 Å². The number of rotatable bonds is 5. The Labute approximate surface area is 136 Å². The number of hydrogen-bond donors (Lipinski definition) is 1. The van der Waals surface area contributed by atoms with Crippen molar-refractivity contribution in [2.45, 2.75) is 64.2 Å². The molecule has 3 rings (SSSR count). The summed E-state index contributed by atoms with van der Waals surface area (Å²) in [6.07, 6.45) is 4.22. The Bertz CT molecular complexity index is 527. The van der Waals surface area contributed by atoms with Gasteiger partial charge in [0.15, 0.2) is 5.82 Å². The lowest BCUT2D eigenvalue weighted by Crippen LogP contribution is -2.41. The lowest BCUT2D eigenvalue weighted by molar-refractivity contribution is -0.133. The van der Waals surface area contributed by atoms with Crippen LogP contribution in [0.2, 0.25) is 0 Å². The smallest absolute Gasteiger partial charge is 0.249 e. The average Bonchev–Trinajstić information content (AvgIpc) is 3.22. The van der Waals surface area contributed by atoms with Gasteiger partial charge in [0.05, 0.1) is 6.10 Å². The zero-order chi connectivity index (χ0) is 16.2. The van der Waals surface area contributed by atoms with E-state index in [1.54, 1.807) is 6.92 Å². The van der Waals surface area contributed by atoms with Crippen LogP contribution in [0.5, 0.6) is 0 Å². The first-order valence-corrected chi connectivity index (χ1v) is 8.51. The summed E-state index contributed by atoms with van der Waals surface area (Å²) in [7, 11) is 0. The third-order valence-corrected chi connectivity index (χ3v) is 4.70. The van der Waals surface area contributed by atoms with Crippen LogP contribution in [0.3, 0.4) is 0 Å². The number of aryl methyl sites for hydroxylation is 1. The molecular weight excluding hydrogens is 298 g/mol. The van der Waals surface area contributed by atoms with Crippen molar-refractivity contribution in [2.24, 2.45) is 5.92 Å². The maximum absolute atomic E-state index is 12.6. The second kappa shape index (κ2) is 7.40. The van der Waals surface area contributed by atoms with Gasteiger partial charge in [-0.2, -0.15) is 4.98 Å². The molecule has 128 valence electrons. The maximum atomic E-state index is 12.6. The standard InChI is InChI=1S/C16H25N3O4/c1-3-12-4-5-13(22-12)15(20)18-14(11-6-8-21-9-7-11)16-17-10(2)19-23-16/h11-14H,3-9H2,1-2H3,(H,18,20)/t12-,13-,14-/m1/s1. The number of aromatic nitrogens is 2. The fourth-order valence-corrected chi connectivity index (χ4v) is 3.31. The van der Waals surface area contributed by atoms with Gasteiger partial charge in [0.25, 0.3) is 0 Å². The topological polar surface area (TPSA) is 86.5 Å². The summed E-state index contributed by atoms with van der Waals surface area (Å²) in [6.45, 7) is 5.25. The number of amides is 1. The van der Waals surface area contributed by atoms with E-state index in [9.17, 15) is 4.79 Å². The van der Waals surface area contributed by atoms with Gasteiger partial charge in [0.2, 0.25) is 11.8 Å². The van der Waals surface area contributed by atoms with Crippen LogP contribution >= 0.6 is 0 Å². The molecule has 0 saturated carbocycles. The summed E-state index contributed by atoms with van der Waals surface area (Å²) in [5, 5.41) is 6.95. The fourth-order valence-electron chi connectivity index (χ4n) is 3.31. The first-order valence-electron chi connectivity index (χ1n) is 8.51. The van der Waals surface area contributed by atoms with Crippen molar-refractivity contribution in [3.05, 3.63) is 11.7 Å². The molecule has 1 amide bonds. The largest absolute Gasteiger partial charge is 0.381 e. The van der Waals surface area contributed by atoms with Crippen molar-refractivity contribution in [3.63, 3.8) is 0 Å². The Hall–Kier alpha value is -1.47. The minimum atomic E-state index is -0.369. The van der Waals surface area contributed by atoms with Crippen molar-refractivity contribution in [3.8, 4) is 0 Å². The molecule has 0 spiro atoms. The lowest BCUT2D eigenvalue weighted by atomic mass is 9.91. The molecule has 2 saturated heterocycles. The van der Waals surface area contributed by atoms with Gasteiger partial charge in [-0.05, 0) is 44.9 Å². The summed E-state index contributed by atoms with van der Waals surface area (Å²) in [5.74, 6) is 1.23. The number of carbonyl (C=O) groups excluding carboxylic acids is 1. The van der Waals surface area contributed by atoms with Gasteiger partial charge in [0, 0.05) is 13.2 Å². The average molecular weight is 323 g/mol. The van der Waals surface area contributed by atoms with Gasteiger partial charge < -0.3 is 19.3 Å². The zero-order valence-electron chi connectivity index (χ0n) is 13.8. The Kier molecular flexibility index (Phi) is 5.27. The first-order chi connectivity index (χ1) is 11.2. The highest BCUT2D eigenvalue weighted by molar-refractivity contribution is 5.81. The highest BCUT2D eigenvalue weighted by atomic mass is 16.5. The highest BCUT2D eigenvalue weighted by Gasteiger charge is 2.35. The van der Waals surface area contributed by atoms with Gasteiger partial charge in [-0.25, -0.2) is 0 Å². The van der Waals surface area contributed by atoms with E-state index in [-0.39, 0.29) is 30.1 Å². The van der Waals surface area contributed by atoms with E-state index >= 15 is 0 Å². The summed E-state index contributed by atoms with van der Waals surface area (Å²) < 4.78 is 16.5. The van der Waals surface area contributed by atoms with Crippen LogP contribution in [-0.2, 0) is 14.3 Å². The Balaban J connectivity index is 1.69. The first kappa shape index (κ1) is 16.4. The van der Waals surface area contributed by atoms with E-state index in [1.807, 2.05) is 0 Å². The zero-order valence-corrected chi connectivity index (χ0v) is 13.8. The van der Waals surface area contributed by atoms with Crippen LogP contribution < -0.4 is 5.32 Å². The molecule has 0 unspecified atom stereocenters. The SMILES string of the molecule is CC[C@@H]1CC[C@H](C(=O)N[C@@H](c2nc(C)no2)C2CCOCC2)O1. The molecule has 7 heteroatoms. The van der Waals surface area contributed by atoms with Crippen LogP contribution in [0.4, 0.5) is 0 Å². The molecule has 0 bridgehead atoms. The monoisotopic (exact) mass is 323 g/mol. The number of nitrogens with zero attached hydrogens (tertiary/aromatic N) is 2. The second-order valence-corrected chi connectivity index (χ2v) is 6.35. The third-order valence-electron chi connectivity index (χ3n) is 4.70. The van der Waals surface area contributed by atoms with Crippen LogP contribution in [-0.4, -0.2) is 41.5 Å². The molecule has 2 aliphatic rings. The molecule has 0 radical (unpaired) electrons. The van der Waals surface area contributed by atoms with E-state index in [2.05, 4.69) is 22.4 Å². The van der Waals surface area contributed by atoms with Gasteiger partial charge in [-0.15, -0.1) is 0 Å². The minimum Gasteiger partial charge on any atom is -0.381 e. The maximum Gasteiger partial charge on any atom is 0.249 e. The molecule has 3 heterocycles. The van der Waals surface area contributed by atoms with Crippen molar-refractivity contribution >= 4 is 5.91 Å². The second-order valence-electron chi connectivity index (χ2n) is 6.35. The van der Waals surface area contributed by atoms with Crippen molar-refractivity contribution in [1.29, 1.82) is 0 Å². The molecule has 1 aromatic rings. The number of ether oxygens (including phenoxy) is 2. The summed E-state index contributed by atoms with van der Waals surface area (Å²) >= 11 is 0. The summed E-state index contributed by atoms with van der Waals surface area (Å²) in [6, 6.07) is -0.267. The molecule has 23 heavy (non-hydrogen) atoms. The Morgan fingerprint density at radius 1 is 1.30 bits per heavy atom. The van der Waals surface area contributed by atoms with Gasteiger partial charge in [-0.3, -0.25) is 4.79 Å². The van der Waals surface area contributed by atoms with Crippen LogP contribution in [0.25, 0.3) is 0 Å². The van der Waals surface area contributed by atoms with Gasteiger partial charge >= 0.3 is 0 Å². The van der Waals surface area contributed by atoms with E-state index in [4.69, 9.17) is 14.0 Å². The van der Waals surface area contributed by atoms with Gasteiger partial charge in [-0.1, -0.05) is 12.1 Å². The molecule has 1 aromatic heterocycles. The molecule has 3 atom stereocenters. The molecule has 7 nitrogen and oxygen atoms in total. The van der Waals surface area contributed by atoms with Crippen LogP contribution in [0.1, 0.15) is 56.8 Å². The van der Waals surface area contributed by atoms with E-state index in [0.29, 0.717) is 24.9 Å². The summed E-state index contributed by atoms with van der Waals surface area (Å²) in [4.78, 5) is 16.9. The van der Waals surface area contributed by atoms with Crippen LogP contribution in [0, 0.1) is 12.8 Å². The molecule has 2 aliphatic heterocycles. The normalized spacial score (nSPS) is 27.0. The molecular formula is C16H25N3O4. The third kappa shape index (κ3) is 3.90. The fraction of sp³-hybridized carbons (Fsp3) is 0.812. The van der Waals surface area contributed by atoms with Gasteiger partial charge in [0.1, 0.15) is 12.1 Å². The van der Waals surface area contributed by atoms with E-state index in [1.165, 1.54) is 0 Å². The van der Waals surface area contributed by atoms with E-state index in [0.717, 1.165) is 32.1 Å². The highest BCUT2D eigenvalue weighted by Crippen LogP contribution is 2.30. The minimum absolute atomic E-state index is 0.0757. The lowest BCUT2D eigenvalue weighted by Gasteiger charge is -2.29. The molecule has 0 aliphatic carbocycles. The quantitative estimate of drug-likeness (QED) is 0.891. The molecule has 2 fully saturated rings. The molecule has 0 aromatic carbocycles. The van der Waals surface area contributed by atoms with Crippen molar-refractivity contribution in [1.82, 2.24) is 15.5 Å². The van der Waals surface area contributed by atoms with Crippen LogP contribution in [0.15, 0.2) is 4.52 Å². The number of hydrogen-bond acceptors (Lipinski definition) is 6. The number of nitrogens with one attached hydrogen (secondary N) is 1. The van der Waals surface area contributed by atoms with Crippen molar-refractivity contribution in [2.75, 3.05) is 13.2 Å². The molecule has 1 N–H and O–H groups in total. The Morgan fingerprint density at radius 2 is 2.09 bits per heavy atom. The summed E-state index contributed by atoms with van der Waals surface area (Å²) in [5.41, 5.74) is 0. The van der Waals surface area contributed by atoms with E-state index < -0.39 is 0 Å².